The summed E-state index contributed by atoms with van der Waals surface area (Å²) in [6.45, 7) is 1.91. The first-order valence-corrected chi connectivity index (χ1v) is 11.6. The van der Waals surface area contributed by atoms with Crippen LogP contribution in [0.25, 0.3) is 0 Å². The fraction of sp³-hybridized carbons (Fsp3) is 0.269. The summed E-state index contributed by atoms with van der Waals surface area (Å²) in [6.07, 6.45) is -2.32. The molecule has 2 heterocycles. The lowest BCUT2D eigenvalue weighted by molar-refractivity contribution is -0.138. The summed E-state index contributed by atoms with van der Waals surface area (Å²) in [5.41, 5.74) is 0.407. The topological polar surface area (TPSA) is 77.6 Å². The molecular formula is C26H26F3N5O2. The maximum atomic E-state index is 13.3. The van der Waals surface area contributed by atoms with Crippen LogP contribution in [-0.4, -0.2) is 54.5 Å². The van der Waals surface area contributed by atoms with E-state index in [2.05, 4.69) is 15.6 Å². The highest BCUT2D eigenvalue weighted by molar-refractivity contribution is 5.96. The van der Waals surface area contributed by atoms with Crippen LogP contribution in [0.15, 0.2) is 72.9 Å². The number of piperazine rings is 1. The van der Waals surface area contributed by atoms with E-state index >= 15 is 0 Å². The lowest BCUT2D eigenvalue weighted by Gasteiger charge is -2.35. The second kappa shape index (κ2) is 11.1. The third kappa shape index (κ3) is 6.32. The van der Waals surface area contributed by atoms with Gasteiger partial charge in [-0.05, 0) is 36.2 Å². The number of benzene rings is 2. The van der Waals surface area contributed by atoms with Gasteiger partial charge in [0, 0.05) is 32.7 Å². The Labute approximate surface area is 206 Å². The summed E-state index contributed by atoms with van der Waals surface area (Å²) in [6, 6.07) is 17.8. The number of urea groups is 1. The zero-order valence-electron chi connectivity index (χ0n) is 19.5. The van der Waals surface area contributed by atoms with Gasteiger partial charge in [0.15, 0.2) is 0 Å². The Bertz CT molecular complexity index is 1180. The second-order valence-electron chi connectivity index (χ2n) is 8.34. The number of amides is 3. The van der Waals surface area contributed by atoms with Crippen molar-refractivity contribution in [3.8, 4) is 0 Å². The van der Waals surface area contributed by atoms with Crippen LogP contribution in [0.1, 0.15) is 21.5 Å². The van der Waals surface area contributed by atoms with E-state index in [4.69, 9.17) is 0 Å². The molecular weight excluding hydrogens is 471 g/mol. The summed E-state index contributed by atoms with van der Waals surface area (Å²) in [7, 11) is 0. The van der Waals surface area contributed by atoms with Gasteiger partial charge in [0.1, 0.15) is 5.82 Å². The number of rotatable bonds is 6. The van der Waals surface area contributed by atoms with Gasteiger partial charge in [-0.1, -0.05) is 42.5 Å². The number of aromatic nitrogens is 1. The van der Waals surface area contributed by atoms with Gasteiger partial charge in [-0.25, -0.2) is 9.78 Å². The Morgan fingerprint density at radius 2 is 1.58 bits per heavy atom. The van der Waals surface area contributed by atoms with Crippen LogP contribution in [0.3, 0.4) is 0 Å². The first-order valence-electron chi connectivity index (χ1n) is 11.6. The molecule has 188 valence electrons. The van der Waals surface area contributed by atoms with Crippen LogP contribution < -0.4 is 15.5 Å². The zero-order chi connectivity index (χ0) is 25.5. The molecule has 0 saturated carbocycles. The molecule has 1 aliphatic rings. The quantitative estimate of drug-likeness (QED) is 0.529. The maximum Gasteiger partial charge on any atom is 0.417 e. The lowest BCUT2D eigenvalue weighted by Crippen LogP contribution is -2.49. The highest BCUT2D eigenvalue weighted by Crippen LogP contribution is 2.32. The molecule has 0 atom stereocenters. The normalized spacial score (nSPS) is 13.9. The van der Waals surface area contributed by atoms with E-state index in [1.54, 1.807) is 18.3 Å². The molecule has 36 heavy (non-hydrogen) atoms. The highest BCUT2D eigenvalue weighted by Gasteiger charge is 2.36. The SMILES string of the molecule is O=C(NCCc1ccccc1)Nc1ccc(N2CCN(C(=O)c3ccccc3C(F)(F)F)CC2)nc1. The van der Waals surface area contributed by atoms with Gasteiger partial charge in [0.25, 0.3) is 5.91 Å². The fourth-order valence-corrected chi connectivity index (χ4v) is 4.01. The number of pyridine rings is 1. The monoisotopic (exact) mass is 497 g/mol. The van der Waals surface area contributed by atoms with Crippen LogP contribution in [0, 0.1) is 0 Å². The number of hydrogen-bond donors (Lipinski definition) is 2. The first-order chi connectivity index (χ1) is 17.3. The van der Waals surface area contributed by atoms with Crippen LogP contribution in [0.5, 0.6) is 0 Å². The molecule has 0 spiro atoms. The molecule has 10 heteroatoms. The number of nitrogens with one attached hydrogen (secondary N) is 2. The van der Waals surface area contributed by atoms with Gasteiger partial charge in [0.05, 0.1) is 23.0 Å². The third-order valence-electron chi connectivity index (χ3n) is 5.90. The van der Waals surface area contributed by atoms with Crippen LogP contribution in [0.2, 0.25) is 0 Å². The second-order valence-corrected chi connectivity index (χ2v) is 8.34. The number of nitrogens with zero attached hydrogens (tertiary/aromatic N) is 3. The van der Waals surface area contributed by atoms with Crippen molar-refractivity contribution in [2.24, 2.45) is 0 Å². The van der Waals surface area contributed by atoms with Gasteiger partial charge in [0.2, 0.25) is 0 Å². The minimum atomic E-state index is -4.59. The van der Waals surface area contributed by atoms with E-state index in [0.717, 1.165) is 18.1 Å². The van der Waals surface area contributed by atoms with E-state index in [1.807, 2.05) is 35.2 Å². The van der Waals surface area contributed by atoms with E-state index in [9.17, 15) is 22.8 Å². The van der Waals surface area contributed by atoms with E-state index in [1.165, 1.54) is 23.1 Å². The van der Waals surface area contributed by atoms with Crippen molar-refractivity contribution in [2.45, 2.75) is 12.6 Å². The van der Waals surface area contributed by atoms with E-state index in [-0.39, 0.29) is 24.7 Å². The molecule has 0 radical (unpaired) electrons. The van der Waals surface area contributed by atoms with E-state index < -0.39 is 17.6 Å². The Hall–Kier alpha value is -4.08. The van der Waals surface area contributed by atoms with Gasteiger partial charge in [-0.3, -0.25) is 4.79 Å². The smallest absolute Gasteiger partial charge is 0.353 e. The first kappa shape index (κ1) is 25.0. The zero-order valence-corrected chi connectivity index (χ0v) is 19.5. The minimum absolute atomic E-state index is 0.274. The minimum Gasteiger partial charge on any atom is -0.353 e. The Kier molecular flexibility index (Phi) is 7.72. The summed E-state index contributed by atoms with van der Waals surface area (Å²) in [5, 5.41) is 5.54. The third-order valence-corrected chi connectivity index (χ3v) is 5.90. The van der Waals surface area contributed by atoms with Gasteiger partial charge < -0.3 is 20.4 Å². The van der Waals surface area contributed by atoms with Gasteiger partial charge >= 0.3 is 12.2 Å². The van der Waals surface area contributed by atoms with Crippen molar-refractivity contribution in [2.75, 3.05) is 42.9 Å². The molecule has 3 amide bonds. The van der Waals surface area contributed by atoms with Crippen molar-refractivity contribution in [3.63, 3.8) is 0 Å². The fourth-order valence-electron chi connectivity index (χ4n) is 4.01. The van der Waals surface area contributed by atoms with Gasteiger partial charge in [-0.2, -0.15) is 13.2 Å². The van der Waals surface area contributed by atoms with Crippen molar-refractivity contribution in [1.82, 2.24) is 15.2 Å². The molecule has 1 aliphatic heterocycles. The predicted octanol–water partition coefficient (Wildman–Crippen LogP) is 4.43. The molecule has 2 aromatic carbocycles. The lowest BCUT2D eigenvalue weighted by atomic mass is 10.1. The highest BCUT2D eigenvalue weighted by atomic mass is 19.4. The average Bonchev–Trinajstić information content (AvgIpc) is 2.89. The summed E-state index contributed by atoms with van der Waals surface area (Å²) >= 11 is 0. The molecule has 1 fully saturated rings. The number of anilines is 2. The number of hydrogen-bond acceptors (Lipinski definition) is 4. The number of carbonyl (C=O) groups excluding carboxylic acids is 2. The van der Waals surface area contributed by atoms with E-state index in [0.29, 0.717) is 31.1 Å². The van der Waals surface area contributed by atoms with Crippen LogP contribution in [-0.2, 0) is 12.6 Å². The number of alkyl halides is 3. The van der Waals surface area contributed by atoms with Gasteiger partial charge in [-0.15, -0.1) is 0 Å². The number of carbonyl (C=O) groups is 2. The van der Waals surface area contributed by atoms with Crippen LogP contribution in [0.4, 0.5) is 29.5 Å². The van der Waals surface area contributed by atoms with Crippen molar-refractivity contribution in [1.29, 1.82) is 0 Å². The van der Waals surface area contributed by atoms with Crippen molar-refractivity contribution in [3.05, 3.63) is 89.6 Å². The number of halogens is 3. The summed E-state index contributed by atoms with van der Waals surface area (Å²) in [5.74, 6) is 0.0289. The molecule has 1 saturated heterocycles. The Morgan fingerprint density at radius 3 is 2.25 bits per heavy atom. The van der Waals surface area contributed by atoms with Crippen molar-refractivity contribution < 1.29 is 22.8 Å². The summed E-state index contributed by atoms with van der Waals surface area (Å²) in [4.78, 5) is 32.6. The maximum absolute atomic E-state index is 13.3. The molecule has 1 aromatic heterocycles. The molecule has 0 bridgehead atoms. The van der Waals surface area contributed by atoms with Crippen LogP contribution >= 0.6 is 0 Å². The average molecular weight is 498 g/mol. The Balaban J connectivity index is 1.26. The molecule has 7 nitrogen and oxygen atoms in total. The molecule has 0 aliphatic carbocycles. The molecule has 3 aromatic rings. The van der Waals surface area contributed by atoms with Crippen molar-refractivity contribution >= 4 is 23.4 Å². The summed E-state index contributed by atoms with van der Waals surface area (Å²) < 4.78 is 39.9. The molecule has 0 unspecified atom stereocenters. The molecule has 2 N–H and O–H groups in total. The predicted molar refractivity (Wildman–Crippen MR) is 131 cm³/mol. The largest absolute Gasteiger partial charge is 0.417 e. The standard InChI is InChI=1S/C26H26F3N5O2/c27-26(28,29)22-9-5-4-8-21(22)24(35)34-16-14-33(15-17-34)23-11-10-20(18-31-23)32-25(36)30-13-12-19-6-2-1-3-7-19/h1-11,18H,12-17H2,(H2,30,32,36). The molecule has 4 rings (SSSR count). The Morgan fingerprint density at radius 1 is 0.889 bits per heavy atom.